The van der Waals surface area contributed by atoms with Crippen molar-refractivity contribution in [1.29, 1.82) is 0 Å². The third-order valence-corrected chi connectivity index (χ3v) is 4.69. The Morgan fingerprint density at radius 1 is 1.20 bits per heavy atom. The third kappa shape index (κ3) is 3.78. The molecule has 3 rings (SSSR count). The Kier molecular flexibility index (Phi) is 4.73. The number of nitrogens with one attached hydrogen (secondary N) is 1. The molecule has 0 aliphatic carbocycles. The minimum absolute atomic E-state index is 0.207. The number of hydrogen-bond acceptors (Lipinski definition) is 4. The molecule has 2 heterocycles. The van der Waals surface area contributed by atoms with E-state index in [-0.39, 0.29) is 11.7 Å². The summed E-state index contributed by atoms with van der Waals surface area (Å²) in [5.41, 5.74) is 0.686. The van der Waals surface area contributed by atoms with Crippen molar-refractivity contribution in [3.05, 3.63) is 29.6 Å². The lowest BCUT2D eigenvalue weighted by atomic mass is 10.1. The Labute approximate surface area is 143 Å². The maximum absolute atomic E-state index is 14.2. The summed E-state index contributed by atoms with van der Waals surface area (Å²) in [5, 5.41) is 2.57. The summed E-state index contributed by atoms with van der Waals surface area (Å²) in [6.45, 7) is 2.40. The number of piperazine rings is 1. The normalized spacial score (nSPS) is 23.0. The molecule has 2 aliphatic heterocycles. The van der Waals surface area contributed by atoms with Crippen molar-refractivity contribution in [2.45, 2.75) is 25.3 Å². The molecule has 2 aliphatic rings. The molecule has 2 saturated heterocycles. The number of halogens is 3. The van der Waals surface area contributed by atoms with Crippen molar-refractivity contribution in [3.8, 4) is 0 Å². The number of rotatable bonds is 3. The predicted octanol–water partition coefficient (Wildman–Crippen LogP) is 1.67. The largest absolute Gasteiger partial charge is 0.366 e. The number of alkyl halides is 2. The fourth-order valence-corrected chi connectivity index (χ4v) is 3.26. The highest BCUT2D eigenvalue weighted by molar-refractivity contribution is 5.94. The molecule has 2 fully saturated rings. The lowest BCUT2D eigenvalue weighted by molar-refractivity contribution is -0.134. The molecule has 1 aromatic rings. The summed E-state index contributed by atoms with van der Waals surface area (Å²) in [6, 6.07) is 3.48. The van der Waals surface area contributed by atoms with E-state index in [2.05, 4.69) is 5.32 Å². The minimum Gasteiger partial charge on any atom is -0.366 e. The maximum Gasteiger partial charge on any atom is 0.262 e. The summed E-state index contributed by atoms with van der Waals surface area (Å²) >= 11 is 0. The van der Waals surface area contributed by atoms with Crippen LogP contribution in [-0.4, -0.2) is 61.3 Å². The molecule has 1 amide bonds. The van der Waals surface area contributed by atoms with Gasteiger partial charge in [-0.3, -0.25) is 14.9 Å². The van der Waals surface area contributed by atoms with Crippen LogP contribution in [0, 0.1) is 5.82 Å². The number of Topliss-reactive ketones (excluding diaryl/α,β-unsaturated/α-hetero) is 1. The van der Waals surface area contributed by atoms with E-state index in [9.17, 15) is 22.8 Å². The third-order valence-electron chi connectivity index (χ3n) is 4.69. The average molecular weight is 355 g/mol. The highest BCUT2D eigenvalue weighted by Gasteiger charge is 2.43. The van der Waals surface area contributed by atoms with Crippen LogP contribution in [0.25, 0.3) is 0 Å². The number of ketones is 1. The molecule has 1 aromatic carbocycles. The van der Waals surface area contributed by atoms with E-state index in [0.29, 0.717) is 37.4 Å². The molecule has 136 valence electrons. The number of carbonyl (C=O) groups is 2. The fourth-order valence-electron chi connectivity index (χ4n) is 3.26. The Morgan fingerprint density at radius 2 is 1.88 bits per heavy atom. The average Bonchev–Trinajstić information content (AvgIpc) is 2.94. The fraction of sp³-hybridized carbons (Fsp3) is 0.529. The van der Waals surface area contributed by atoms with Gasteiger partial charge in [0, 0.05) is 38.2 Å². The van der Waals surface area contributed by atoms with Crippen LogP contribution in [-0.2, 0) is 4.79 Å². The molecule has 1 atom stereocenters. The van der Waals surface area contributed by atoms with E-state index in [0.717, 1.165) is 0 Å². The van der Waals surface area contributed by atoms with Gasteiger partial charge in [-0.15, -0.1) is 0 Å². The van der Waals surface area contributed by atoms with Gasteiger partial charge < -0.3 is 9.80 Å². The van der Waals surface area contributed by atoms with Crippen molar-refractivity contribution >= 4 is 17.4 Å². The van der Waals surface area contributed by atoms with Gasteiger partial charge in [-0.05, 0) is 25.1 Å². The summed E-state index contributed by atoms with van der Waals surface area (Å²) in [6.07, 6.45) is -0.479. The van der Waals surface area contributed by atoms with E-state index in [1.165, 1.54) is 17.9 Å². The molecular weight excluding hydrogens is 335 g/mol. The number of benzene rings is 1. The van der Waals surface area contributed by atoms with Gasteiger partial charge in [0.2, 0.25) is 5.91 Å². The summed E-state index contributed by atoms with van der Waals surface area (Å²) in [4.78, 5) is 26.9. The summed E-state index contributed by atoms with van der Waals surface area (Å²) < 4.78 is 40.7. The van der Waals surface area contributed by atoms with Crippen LogP contribution in [0.15, 0.2) is 18.2 Å². The molecule has 25 heavy (non-hydrogen) atoms. The standard InChI is InChI=1S/C17H20F3N3O2/c1-11(24)12-2-3-15(13(18)8-12)22-4-6-23(7-5-22)16(25)14-9-17(19,20)10-21-14/h2-3,8,14,21H,4-7,9-10H2,1H3. The van der Waals surface area contributed by atoms with Gasteiger partial charge in [0.1, 0.15) is 5.82 Å². The molecule has 8 heteroatoms. The van der Waals surface area contributed by atoms with Crippen molar-refractivity contribution in [1.82, 2.24) is 10.2 Å². The monoisotopic (exact) mass is 355 g/mol. The molecule has 0 bridgehead atoms. The lowest BCUT2D eigenvalue weighted by Crippen LogP contribution is -2.53. The maximum atomic E-state index is 14.2. The van der Waals surface area contributed by atoms with Crippen LogP contribution in [0.2, 0.25) is 0 Å². The SMILES string of the molecule is CC(=O)c1ccc(N2CCN(C(=O)C3CC(F)(F)CN3)CC2)c(F)c1. The quantitative estimate of drug-likeness (QED) is 0.839. The zero-order valence-electron chi connectivity index (χ0n) is 13.9. The topological polar surface area (TPSA) is 52.7 Å². The number of carbonyl (C=O) groups excluding carboxylic acids is 2. The van der Waals surface area contributed by atoms with Gasteiger partial charge in [-0.2, -0.15) is 0 Å². The second kappa shape index (κ2) is 6.67. The number of amides is 1. The van der Waals surface area contributed by atoms with Crippen LogP contribution < -0.4 is 10.2 Å². The predicted molar refractivity (Wildman–Crippen MR) is 86.6 cm³/mol. The van der Waals surface area contributed by atoms with Gasteiger partial charge in [0.25, 0.3) is 5.92 Å². The highest BCUT2D eigenvalue weighted by atomic mass is 19.3. The Balaban J connectivity index is 1.60. The molecule has 0 radical (unpaired) electrons. The molecular formula is C17H20F3N3O2. The van der Waals surface area contributed by atoms with Gasteiger partial charge in [-0.25, -0.2) is 13.2 Å². The van der Waals surface area contributed by atoms with Crippen LogP contribution in [0.4, 0.5) is 18.9 Å². The second-order valence-corrected chi connectivity index (χ2v) is 6.53. The number of anilines is 1. The van der Waals surface area contributed by atoms with Crippen LogP contribution in [0.5, 0.6) is 0 Å². The summed E-state index contributed by atoms with van der Waals surface area (Å²) in [7, 11) is 0. The van der Waals surface area contributed by atoms with E-state index >= 15 is 0 Å². The number of nitrogens with zero attached hydrogens (tertiary/aromatic N) is 2. The molecule has 0 saturated carbocycles. The van der Waals surface area contributed by atoms with Crippen molar-refractivity contribution in [3.63, 3.8) is 0 Å². The van der Waals surface area contributed by atoms with E-state index < -0.39 is 30.7 Å². The van der Waals surface area contributed by atoms with Gasteiger partial charge in [0.15, 0.2) is 5.78 Å². The van der Waals surface area contributed by atoms with E-state index in [4.69, 9.17) is 0 Å². The second-order valence-electron chi connectivity index (χ2n) is 6.53. The zero-order valence-corrected chi connectivity index (χ0v) is 13.9. The van der Waals surface area contributed by atoms with Crippen molar-refractivity contribution in [2.24, 2.45) is 0 Å². The van der Waals surface area contributed by atoms with Crippen LogP contribution >= 0.6 is 0 Å². The smallest absolute Gasteiger partial charge is 0.262 e. The van der Waals surface area contributed by atoms with E-state index in [1.54, 1.807) is 17.0 Å². The van der Waals surface area contributed by atoms with Crippen molar-refractivity contribution < 1.29 is 22.8 Å². The van der Waals surface area contributed by atoms with Gasteiger partial charge in [0.05, 0.1) is 18.3 Å². The van der Waals surface area contributed by atoms with Gasteiger partial charge in [-0.1, -0.05) is 0 Å². The first-order valence-corrected chi connectivity index (χ1v) is 8.22. The molecule has 5 nitrogen and oxygen atoms in total. The lowest BCUT2D eigenvalue weighted by Gasteiger charge is -2.37. The molecule has 0 aromatic heterocycles. The number of hydrogen-bond donors (Lipinski definition) is 1. The molecule has 0 spiro atoms. The molecule has 1 N–H and O–H groups in total. The van der Waals surface area contributed by atoms with Crippen LogP contribution in [0.3, 0.4) is 0 Å². The minimum atomic E-state index is -2.84. The Morgan fingerprint density at radius 3 is 2.40 bits per heavy atom. The first-order chi connectivity index (χ1) is 11.8. The first-order valence-electron chi connectivity index (χ1n) is 8.22. The van der Waals surface area contributed by atoms with Crippen molar-refractivity contribution in [2.75, 3.05) is 37.6 Å². The first kappa shape index (κ1) is 17.7. The van der Waals surface area contributed by atoms with Crippen LogP contribution in [0.1, 0.15) is 23.7 Å². The Hall–Kier alpha value is -2.09. The summed E-state index contributed by atoms with van der Waals surface area (Å²) in [5.74, 6) is -3.86. The highest BCUT2D eigenvalue weighted by Crippen LogP contribution is 2.27. The van der Waals surface area contributed by atoms with E-state index in [1.807, 2.05) is 0 Å². The zero-order chi connectivity index (χ0) is 18.2. The Bertz CT molecular complexity index is 688. The molecule has 1 unspecified atom stereocenters. The van der Waals surface area contributed by atoms with Gasteiger partial charge >= 0.3 is 0 Å².